The highest BCUT2D eigenvalue weighted by Crippen LogP contribution is 2.44. The molecule has 0 saturated heterocycles. The van der Waals surface area contributed by atoms with Crippen molar-refractivity contribution in [2.24, 2.45) is 10.2 Å². The Kier molecular flexibility index (Phi) is 11.1. The van der Waals surface area contributed by atoms with Crippen LogP contribution in [0.15, 0.2) is 229 Å². The molecule has 0 aromatic heterocycles. The molecular weight excluding hydrogens is 775 g/mol. The van der Waals surface area contributed by atoms with Gasteiger partial charge in [0.05, 0.1) is 24.0 Å². The molecule has 10 rings (SSSR count). The molecule has 0 spiro atoms. The van der Waals surface area contributed by atoms with Crippen molar-refractivity contribution in [1.82, 2.24) is 10.9 Å². The third-order valence-corrected chi connectivity index (χ3v) is 16.7. The molecule has 292 valence electrons. The highest BCUT2D eigenvalue weighted by atomic mass is 31.2. The zero-order chi connectivity index (χ0) is 40.8. The zero-order valence-electron chi connectivity index (χ0n) is 32.8. The van der Waals surface area contributed by atoms with Crippen LogP contribution in [-0.4, -0.2) is 24.0 Å². The molecule has 0 bridgehead atoms. The van der Waals surface area contributed by atoms with E-state index in [1.165, 1.54) is 22.3 Å². The number of hydrazone groups is 2. The molecule has 2 N–H and O–H groups in total. The van der Waals surface area contributed by atoms with E-state index in [1.54, 1.807) is 0 Å². The fraction of sp³-hybridized carbons (Fsp3) is 0.0385. The second kappa shape index (κ2) is 17.2. The number of benzene rings is 8. The number of nitrogens with one attached hydrogen (secondary N) is 2. The first-order chi connectivity index (χ1) is 29.5. The van der Waals surface area contributed by atoms with Crippen molar-refractivity contribution in [3.8, 4) is 22.3 Å². The first kappa shape index (κ1) is 38.7. The summed E-state index contributed by atoms with van der Waals surface area (Å²) >= 11 is 0. The largest absolute Gasteiger partial charge is 0.312 e. The Balaban J connectivity index is 0.000000154. The van der Waals surface area contributed by atoms with Crippen molar-refractivity contribution in [1.29, 1.82) is 0 Å². The van der Waals surface area contributed by atoms with Crippen molar-refractivity contribution in [2.45, 2.75) is 0 Å². The van der Waals surface area contributed by atoms with E-state index in [4.69, 9.17) is 10.2 Å². The molecule has 0 fully saturated rings. The number of hydrogen-bond acceptors (Lipinski definition) is 6. The highest BCUT2D eigenvalue weighted by molar-refractivity contribution is 7.79. The Hall–Kier alpha value is -6.84. The summed E-state index contributed by atoms with van der Waals surface area (Å²) in [6.07, 6.45) is 0.518. The van der Waals surface area contributed by atoms with Gasteiger partial charge in [-0.2, -0.15) is 10.2 Å². The molecule has 0 radical (unpaired) electrons. The topological polar surface area (TPSA) is 82.9 Å². The van der Waals surface area contributed by atoms with Crippen LogP contribution < -0.4 is 32.1 Å². The van der Waals surface area contributed by atoms with Crippen LogP contribution in [0.3, 0.4) is 0 Å². The molecule has 0 atom stereocenters. The van der Waals surface area contributed by atoms with E-state index in [1.807, 2.05) is 170 Å². The van der Waals surface area contributed by atoms with E-state index in [0.29, 0.717) is 0 Å². The predicted octanol–water partition coefficient (Wildman–Crippen LogP) is 9.96. The fourth-order valence-electron chi connectivity index (χ4n) is 8.00. The van der Waals surface area contributed by atoms with Crippen LogP contribution in [0.1, 0.15) is 22.3 Å². The van der Waals surface area contributed by atoms with E-state index in [9.17, 15) is 9.13 Å². The van der Waals surface area contributed by atoms with Gasteiger partial charge in [-0.1, -0.05) is 218 Å². The lowest BCUT2D eigenvalue weighted by Gasteiger charge is -2.19. The van der Waals surface area contributed by atoms with Gasteiger partial charge < -0.3 is 20.0 Å². The van der Waals surface area contributed by atoms with Gasteiger partial charge in [0.2, 0.25) is 0 Å². The van der Waals surface area contributed by atoms with E-state index in [2.05, 4.69) is 59.4 Å². The minimum absolute atomic E-state index is 0.259. The Morgan fingerprint density at radius 1 is 0.283 bits per heavy atom. The second-order valence-electron chi connectivity index (χ2n) is 14.6. The van der Waals surface area contributed by atoms with Crippen molar-refractivity contribution in [3.05, 3.63) is 241 Å². The van der Waals surface area contributed by atoms with E-state index >= 15 is 0 Å². The van der Waals surface area contributed by atoms with Crippen LogP contribution in [0.25, 0.3) is 22.3 Å². The minimum Gasteiger partial charge on any atom is -0.312 e. The van der Waals surface area contributed by atoms with Crippen LogP contribution >= 0.6 is 14.3 Å². The summed E-state index contributed by atoms with van der Waals surface area (Å²) < 4.78 is 28.3. The molecule has 2 aliphatic carbocycles. The molecule has 2 aliphatic rings. The Bertz CT molecular complexity index is 2550. The molecule has 6 nitrogen and oxygen atoms in total. The van der Waals surface area contributed by atoms with Gasteiger partial charge in [-0.05, 0) is 22.3 Å². The van der Waals surface area contributed by atoms with Gasteiger partial charge in [0.15, 0.2) is 14.3 Å². The molecule has 0 amide bonds. The van der Waals surface area contributed by atoms with Crippen LogP contribution in [0.4, 0.5) is 0 Å². The molecular formula is C52H42N4O2P2. The second-order valence-corrected chi connectivity index (χ2v) is 20.2. The molecule has 0 saturated carbocycles. The zero-order valence-corrected chi connectivity index (χ0v) is 34.6. The van der Waals surface area contributed by atoms with Crippen molar-refractivity contribution >= 4 is 46.9 Å². The molecule has 60 heavy (non-hydrogen) atoms. The van der Waals surface area contributed by atoms with Crippen LogP contribution in [-0.2, 0) is 9.13 Å². The predicted molar refractivity (Wildman–Crippen MR) is 251 cm³/mol. The van der Waals surface area contributed by atoms with E-state index in [-0.39, 0.29) is 12.6 Å². The normalized spacial score (nSPS) is 12.2. The maximum Gasteiger partial charge on any atom is 0.162 e. The summed E-state index contributed by atoms with van der Waals surface area (Å²) in [5.74, 6) is 0. The smallest absolute Gasteiger partial charge is 0.162 e. The maximum atomic E-state index is 14.1. The molecule has 0 unspecified atom stereocenters. The third kappa shape index (κ3) is 7.48. The van der Waals surface area contributed by atoms with Crippen LogP contribution in [0, 0.1) is 0 Å². The number of hydrogen-bond donors (Lipinski definition) is 2. The summed E-state index contributed by atoms with van der Waals surface area (Å²) in [6, 6.07) is 71.8. The fourth-order valence-corrected chi connectivity index (χ4v) is 12.5. The lowest BCUT2D eigenvalue weighted by molar-refractivity contribution is 0.582. The lowest BCUT2D eigenvalue weighted by Crippen LogP contribution is -2.24. The molecule has 8 aromatic rings. The first-order valence-electron chi connectivity index (χ1n) is 19.9. The van der Waals surface area contributed by atoms with Gasteiger partial charge in [-0.15, -0.1) is 0 Å². The van der Waals surface area contributed by atoms with Crippen molar-refractivity contribution < 1.29 is 9.13 Å². The number of nitrogens with zero attached hydrogens (tertiary/aromatic N) is 2. The van der Waals surface area contributed by atoms with Gasteiger partial charge in [0.1, 0.15) is 0 Å². The summed E-state index contributed by atoms with van der Waals surface area (Å²) in [5.41, 5.74) is 17.3. The summed E-state index contributed by atoms with van der Waals surface area (Å²) in [6.45, 7) is 0. The van der Waals surface area contributed by atoms with Gasteiger partial charge >= 0.3 is 0 Å². The summed E-state index contributed by atoms with van der Waals surface area (Å²) in [7, 11) is -5.74. The monoisotopic (exact) mass is 816 g/mol. The van der Waals surface area contributed by atoms with Gasteiger partial charge in [0, 0.05) is 43.5 Å². The average molecular weight is 817 g/mol. The number of fused-ring (bicyclic) bond motifs is 6. The molecule has 8 aromatic carbocycles. The average Bonchev–Trinajstić information content (AvgIpc) is 3.82. The van der Waals surface area contributed by atoms with E-state index in [0.717, 1.165) is 54.9 Å². The van der Waals surface area contributed by atoms with Crippen molar-refractivity contribution in [2.75, 3.05) is 12.6 Å². The quantitative estimate of drug-likeness (QED) is 0.106. The standard InChI is InChI=1S/2C26H21N2OP/c2*29-30(20-11-3-1-4-12-20,21-13-5-2-6-14-21)19-27-28-26-24-17-9-7-15-22(24)23-16-8-10-18-25(23)26/h2*1-18,27H,19H2. The number of rotatable bonds is 10. The first-order valence-corrected chi connectivity index (χ1v) is 23.7. The van der Waals surface area contributed by atoms with Gasteiger partial charge in [0.25, 0.3) is 0 Å². The Morgan fingerprint density at radius 3 is 0.717 bits per heavy atom. The lowest BCUT2D eigenvalue weighted by atomic mass is 10.1. The van der Waals surface area contributed by atoms with Crippen LogP contribution in [0.5, 0.6) is 0 Å². The summed E-state index contributed by atoms with van der Waals surface area (Å²) in [4.78, 5) is 0. The van der Waals surface area contributed by atoms with E-state index < -0.39 is 14.3 Å². The summed E-state index contributed by atoms with van der Waals surface area (Å²) in [5, 5.41) is 12.8. The maximum absolute atomic E-state index is 14.1. The molecule has 8 heteroatoms. The Labute approximate surface area is 351 Å². The molecule has 0 heterocycles. The third-order valence-electron chi connectivity index (χ3n) is 11.0. The van der Waals surface area contributed by atoms with Gasteiger partial charge in [-0.3, -0.25) is 0 Å². The van der Waals surface area contributed by atoms with Crippen LogP contribution in [0.2, 0.25) is 0 Å². The molecule has 0 aliphatic heterocycles. The van der Waals surface area contributed by atoms with Gasteiger partial charge in [-0.25, -0.2) is 0 Å². The SMILES string of the molecule is O=P(CNN=C1c2ccccc2-c2ccccc21)(c1ccccc1)c1ccccc1.O=P(CNN=C1c2ccccc2-c2ccccc21)(c1ccccc1)c1ccccc1. The Morgan fingerprint density at radius 2 is 0.483 bits per heavy atom. The van der Waals surface area contributed by atoms with Crippen molar-refractivity contribution in [3.63, 3.8) is 0 Å². The highest BCUT2D eigenvalue weighted by Gasteiger charge is 2.30. The minimum atomic E-state index is -2.87.